The SMILES string of the molecule is Cc1cc(N2CCCCC2CCO)c(C(=O)O)cn1. The van der Waals surface area contributed by atoms with E-state index in [2.05, 4.69) is 9.88 Å². The van der Waals surface area contributed by atoms with Crippen molar-refractivity contribution < 1.29 is 15.0 Å². The summed E-state index contributed by atoms with van der Waals surface area (Å²) in [5, 5.41) is 18.4. The van der Waals surface area contributed by atoms with Crippen LogP contribution < -0.4 is 4.90 Å². The van der Waals surface area contributed by atoms with Crippen LogP contribution in [0, 0.1) is 6.92 Å². The molecule has 0 aliphatic carbocycles. The average Bonchev–Trinajstić information content (AvgIpc) is 2.39. The summed E-state index contributed by atoms with van der Waals surface area (Å²) in [6.07, 6.45) is 5.30. The van der Waals surface area contributed by atoms with Gasteiger partial charge in [0.25, 0.3) is 0 Å². The van der Waals surface area contributed by atoms with E-state index in [0.717, 1.165) is 37.2 Å². The van der Waals surface area contributed by atoms with Crippen LogP contribution in [0.25, 0.3) is 0 Å². The Bertz CT molecular complexity index is 460. The van der Waals surface area contributed by atoms with E-state index in [9.17, 15) is 9.90 Å². The molecule has 1 aliphatic rings. The maximum Gasteiger partial charge on any atom is 0.339 e. The first-order valence-corrected chi connectivity index (χ1v) is 6.71. The Morgan fingerprint density at radius 3 is 3.00 bits per heavy atom. The van der Waals surface area contributed by atoms with Crippen molar-refractivity contribution in [3.05, 3.63) is 23.5 Å². The number of carboxylic acids is 1. The third-order valence-corrected chi connectivity index (χ3v) is 3.65. The predicted molar refractivity (Wildman–Crippen MR) is 72.6 cm³/mol. The van der Waals surface area contributed by atoms with Crippen LogP contribution in [0.4, 0.5) is 5.69 Å². The molecule has 1 unspecified atom stereocenters. The van der Waals surface area contributed by atoms with Gasteiger partial charge < -0.3 is 15.1 Å². The van der Waals surface area contributed by atoms with Gasteiger partial charge in [0, 0.05) is 31.1 Å². The number of anilines is 1. The van der Waals surface area contributed by atoms with Gasteiger partial charge in [-0.2, -0.15) is 0 Å². The number of aliphatic hydroxyl groups is 1. The number of hydrogen-bond acceptors (Lipinski definition) is 4. The van der Waals surface area contributed by atoms with Crippen molar-refractivity contribution in [2.24, 2.45) is 0 Å². The molecule has 1 aromatic heterocycles. The second-order valence-electron chi connectivity index (χ2n) is 5.00. The zero-order chi connectivity index (χ0) is 13.8. The standard InChI is InChI=1S/C14H20N2O3/c1-10-8-13(12(9-15-10)14(18)19)16-6-3-2-4-11(16)5-7-17/h8-9,11,17H,2-7H2,1H3,(H,18,19). The molecule has 5 heteroatoms. The first-order valence-electron chi connectivity index (χ1n) is 6.71. The molecular formula is C14H20N2O3. The number of carbonyl (C=O) groups is 1. The molecule has 1 aromatic rings. The lowest BCUT2D eigenvalue weighted by molar-refractivity contribution is 0.0697. The Morgan fingerprint density at radius 2 is 2.32 bits per heavy atom. The van der Waals surface area contributed by atoms with E-state index >= 15 is 0 Å². The number of aromatic nitrogens is 1. The molecule has 2 rings (SSSR count). The molecule has 1 saturated heterocycles. The number of pyridine rings is 1. The normalized spacial score (nSPS) is 19.5. The van der Waals surface area contributed by atoms with Gasteiger partial charge in [0.15, 0.2) is 0 Å². The maximum atomic E-state index is 11.3. The van der Waals surface area contributed by atoms with Crippen LogP contribution in [0.15, 0.2) is 12.3 Å². The molecule has 0 radical (unpaired) electrons. The lowest BCUT2D eigenvalue weighted by Gasteiger charge is -2.38. The zero-order valence-electron chi connectivity index (χ0n) is 11.2. The Hall–Kier alpha value is -1.62. The van der Waals surface area contributed by atoms with E-state index in [0.29, 0.717) is 6.42 Å². The Labute approximate surface area is 112 Å². The fourth-order valence-corrected chi connectivity index (χ4v) is 2.71. The molecule has 2 heterocycles. The number of piperidine rings is 1. The topological polar surface area (TPSA) is 73.7 Å². The molecule has 5 nitrogen and oxygen atoms in total. The lowest BCUT2D eigenvalue weighted by Crippen LogP contribution is -2.41. The van der Waals surface area contributed by atoms with Gasteiger partial charge in [-0.15, -0.1) is 0 Å². The maximum absolute atomic E-state index is 11.3. The summed E-state index contributed by atoms with van der Waals surface area (Å²) < 4.78 is 0. The van der Waals surface area contributed by atoms with Gasteiger partial charge in [-0.3, -0.25) is 4.98 Å². The molecule has 0 bridgehead atoms. The van der Waals surface area contributed by atoms with Crippen molar-refractivity contribution in [1.82, 2.24) is 4.98 Å². The van der Waals surface area contributed by atoms with Gasteiger partial charge in [0.2, 0.25) is 0 Å². The highest BCUT2D eigenvalue weighted by atomic mass is 16.4. The molecule has 2 N–H and O–H groups in total. The number of rotatable bonds is 4. The fraction of sp³-hybridized carbons (Fsp3) is 0.571. The number of carboxylic acid groups (broad SMARTS) is 1. The van der Waals surface area contributed by atoms with Crippen LogP contribution in [0.1, 0.15) is 41.7 Å². The number of hydrogen-bond donors (Lipinski definition) is 2. The third-order valence-electron chi connectivity index (χ3n) is 3.65. The predicted octanol–water partition coefficient (Wildman–Crippen LogP) is 1.83. The van der Waals surface area contributed by atoms with Crippen molar-refractivity contribution in [1.29, 1.82) is 0 Å². The van der Waals surface area contributed by atoms with E-state index in [-0.39, 0.29) is 18.2 Å². The molecule has 19 heavy (non-hydrogen) atoms. The zero-order valence-corrected chi connectivity index (χ0v) is 11.2. The Morgan fingerprint density at radius 1 is 1.53 bits per heavy atom. The highest BCUT2D eigenvalue weighted by molar-refractivity contribution is 5.94. The van der Waals surface area contributed by atoms with Crippen LogP contribution in [-0.2, 0) is 0 Å². The van der Waals surface area contributed by atoms with Gasteiger partial charge in [-0.05, 0) is 38.7 Å². The van der Waals surface area contributed by atoms with Gasteiger partial charge in [0.1, 0.15) is 5.56 Å². The summed E-state index contributed by atoms with van der Waals surface area (Å²) in [5.74, 6) is -0.948. The quantitative estimate of drug-likeness (QED) is 0.868. The average molecular weight is 264 g/mol. The minimum absolute atomic E-state index is 0.133. The van der Waals surface area contributed by atoms with Crippen molar-refractivity contribution in [3.63, 3.8) is 0 Å². The second-order valence-corrected chi connectivity index (χ2v) is 5.00. The molecule has 1 atom stereocenters. The molecule has 0 spiro atoms. The Kier molecular flexibility index (Phi) is 4.37. The molecular weight excluding hydrogens is 244 g/mol. The summed E-state index contributed by atoms with van der Waals surface area (Å²) >= 11 is 0. The molecule has 0 amide bonds. The highest BCUT2D eigenvalue weighted by Gasteiger charge is 2.26. The Balaban J connectivity index is 2.37. The van der Waals surface area contributed by atoms with Crippen LogP contribution in [0.5, 0.6) is 0 Å². The van der Waals surface area contributed by atoms with Crippen LogP contribution >= 0.6 is 0 Å². The van der Waals surface area contributed by atoms with E-state index in [1.165, 1.54) is 6.20 Å². The fourth-order valence-electron chi connectivity index (χ4n) is 2.71. The first kappa shape index (κ1) is 13.8. The smallest absolute Gasteiger partial charge is 0.339 e. The number of aryl methyl sites for hydroxylation is 1. The van der Waals surface area contributed by atoms with Crippen molar-refractivity contribution >= 4 is 11.7 Å². The van der Waals surface area contributed by atoms with Gasteiger partial charge >= 0.3 is 5.97 Å². The second kappa shape index (κ2) is 6.02. The monoisotopic (exact) mass is 264 g/mol. The van der Waals surface area contributed by atoms with Gasteiger partial charge in [-0.25, -0.2) is 4.79 Å². The lowest BCUT2D eigenvalue weighted by atomic mass is 9.98. The highest BCUT2D eigenvalue weighted by Crippen LogP contribution is 2.29. The van der Waals surface area contributed by atoms with Crippen molar-refractivity contribution in [3.8, 4) is 0 Å². The molecule has 1 fully saturated rings. The number of nitrogens with zero attached hydrogens (tertiary/aromatic N) is 2. The summed E-state index contributed by atoms with van der Waals surface area (Å²) in [5.41, 5.74) is 1.79. The number of aliphatic hydroxyl groups excluding tert-OH is 1. The van der Waals surface area contributed by atoms with Crippen molar-refractivity contribution in [2.75, 3.05) is 18.1 Å². The third kappa shape index (κ3) is 3.04. The van der Waals surface area contributed by atoms with Gasteiger partial charge in [-0.1, -0.05) is 0 Å². The van der Waals surface area contributed by atoms with Gasteiger partial charge in [0.05, 0.1) is 5.69 Å². The molecule has 104 valence electrons. The summed E-state index contributed by atoms with van der Waals surface area (Å²) in [4.78, 5) is 17.5. The molecule has 0 aromatic carbocycles. The largest absolute Gasteiger partial charge is 0.478 e. The van der Waals surface area contributed by atoms with Crippen molar-refractivity contribution in [2.45, 2.75) is 38.6 Å². The molecule has 1 aliphatic heterocycles. The van der Waals surface area contributed by atoms with Crippen LogP contribution in [0.3, 0.4) is 0 Å². The van der Waals surface area contributed by atoms with E-state index < -0.39 is 5.97 Å². The summed E-state index contributed by atoms with van der Waals surface area (Å²) in [6.45, 7) is 2.84. The van der Waals surface area contributed by atoms with E-state index in [1.54, 1.807) is 0 Å². The van der Waals surface area contributed by atoms with E-state index in [4.69, 9.17) is 5.11 Å². The summed E-state index contributed by atoms with van der Waals surface area (Å²) in [6, 6.07) is 2.05. The molecule has 0 saturated carbocycles. The van der Waals surface area contributed by atoms with Crippen LogP contribution in [0.2, 0.25) is 0 Å². The van der Waals surface area contributed by atoms with Crippen LogP contribution in [-0.4, -0.2) is 40.4 Å². The van der Waals surface area contributed by atoms with E-state index in [1.807, 2.05) is 13.0 Å². The first-order chi connectivity index (χ1) is 9.13. The minimum atomic E-state index is -0.948. The summed E-state index contributed by atoms with van der Waals surface area (Å²) in [7, 11) is 0. The number of aromatic carboxylic acids is 1. The minimum Gasteiger partial charge on any atom is -0.478 e.